The molecule has 0 fully saturated rings. The summed E-state index contributed by atoms with van der Waals surface area (Å²) in [5.74, 6) is 0. The minimum absolute atomic E-state index is 0.173. The van der Waals surface area contributed by atoms with E-state index in [9.17, 15) is 4.79 Å². The van der Waals surface area contributed by atoms with Crippen molar-refractivity contribution in [2.45, 2.75) is 33.1 Å². The average molecular weight is 331 g/mol. The van der Waals surface area contributed by atoms with Crippen LogP contribution in [0.1, 0.15) is 30.5 Å². The monoisotopic (exact) mass is 330 g/mol. The van der Waals surface area contributed by atoms with Gasteiger partial charge in [-0.1, -0.05) is 61.8 Å². The number of anilines is 1. The molecule has 0 saturated heterocycles. The predicted molar refractivity (Wildman–Crippen MR) is 97.4 cm³/mol. The van der Waals surface area contributed by atoms with Crippen molar-refractivity contribution in [3.05, 3.63) is 64.2 Å². The molecule has 122 valence electrons. The molecular weight excluding hydrogens is 308 g/mol. The molecule has 0 aliphatic heterocycles. The molecule has 2 aromatic rings. The largest absolute Gasteiger partial charge is 0.338 e. The highest BCUT2D eigenvalue weighted by molar-refractivity contribution is 6.31. The van der Waals surface area contributed by atoms with Crippen LogP contribution in [0.2, 0.25) is 5.02 Å². The lowest BCUT2D eigenvalue weighted by atomic mass is 10.0. The minimum atomic E-state index is -0.173. The first kappa shape index (κ1) is 17.4. The first-order valence-electron chi connectivity index (χ1n) is 8.04. The second kappa shape index (κ2) is 8.59. The lowest BCUT2D eigenvalue weighted by molar-refractivity contribution is 0.252. The molecule has 2 amide bonds. The van der Waals surface area contributed by atoms with Gasteiger partial charge in [-0.25, -0.2) is 4.79 Å². The van der Waals surface area contributed by atoms with Crippen LogP contribution in [-0.2, 0) is 19.3 Å². The molecule has 0 heterocycles. The Bertz CT molecular complexity index is 648. The Balaban J connectivity index is 1.94. The molecule has 2 N–H and O–H groups in total. The molecule has 0 spiro atoms. The summed E-state index contributed by atoms with van der Waals surface area (Å²) < 4.78 is 0. The highest BCUT2D eigenvalue weighted by Crippen LogP contribution is 2.22. The van der Waals surface area contributed by atoms with Crippen molar-refractivity contribution < 1.29 is 4.79 Å². The normalized spacial score (nSPS) is 10.4. The fourth-order valence-corrected chi connectivity index (χ4v) is 2.80. The molecular formula is C19H23ClN2O. The molecule has 0 unspecified atom stereocenters. The quantitative estimate of drug-likeness (QED) is 0.782. The number of amides is 2. The molecule has 2 rings (SSSR count). The van der Waals surface area contributed by atoms with Gasteiger partial charge >= 0.3 is 6.03 Å². The lowest BCUT2D eigenvalue weighted by Crippen LogP contribution is -2.31. The van der Waals surface area contributed by atoms with Crippen LogP contribution < -0.4 is 10.6 Å². The third-order valence-electron chi connectivity index (χ3n) is 3.88. The van der Waals surface area contributed by atoms with Gasteiger partial charge in [0.1, 0.15) is 0 Å². The van der Waals surface area contributed by atoms with E-state index in [-0.39, 0.29) is 6.03 Å². The van der Waals surface area contributed by atoms with Gasteiger partial charge in [-0.3, -0.25) is 0 Å². The molecule has 0 aromatic heterocycles. The van der Waals surface area contributed by atoms with Gasteiger partial charge in [0.15, 0.2) is 0 Å². The topological polar surface area (TPSA) is 41.1 Å². The number of carbonyl (C=O) groups excluding carboxylic acids is 1. The summed E-state index contributed by atoms with van der Waals surface area (Å²) in [6, 6.07) is 13.7. The third-order valence-corrected chi connectivity index (χ3v) is 4.24. The Labute approximate surface area is 143 Å². The summed E-state index contributed by atoms with van der Waals surface area (Å²) in [6.45, 7) is 4.73. The summed E-state index contributed by atoms with van der Waals surface area (Å²) in [6.07, 6.45) is 2.50. The second-order valence-electron chi connectivity index (χ2n) is 5.38. The van der Waals surface area contributed by atoms with Crippen LogP contribution in [0.3, 0.4) is 0 Å². The molecule has 0 radical (unpaired) electrons. The van der Waals surface area contributed by atoms with Crippen LogP contribution in [0.15, 0.2) is 42.5 Å². The second-order valence-corrected chi connectivity index (χ2v) is 5.79. The van der Waals surface area contributed by atoms with Crippen LogP contribution in [0, 0.1) is 0 Å². The van der Waals surface area contributed by atoms with E-state index < -0.39 is 0 Å². The number of hydrogen-bond acceptors (Lipinski definition) is 1. The average Bonchev–Trinajstić information content (AvgIpc) is 2.56. The Kier molecular flexibility index (Phi) is 6.48. The lowest BCUT2D eigenvalue weighted by Gasteiger charge is -2.15. The number of rotatable bonds is 6. The van der Waals surface area contributed by atoms with Crippen LogP contribution in [-0.4, -0.2) is 12.6 Å². The van der Waals surface area contributed by atoms with E-state index in [1.165, 1.54) is 0 Å². The maximum Gasteiger partial charge on any atom is 0.319 e. The van der Waals surface area contributed by atoms with Gasteiger partial charge in [0, 0.05) is 17.3 Å². The predicted octanol–water partition coefficient (Wildman–Crippen LogP) is 4.83. The number of hydrogen-bond donors (Lipinski definition) is 2. The van der Waals surface area contributed by atoms with Crippen molar-refractivity contribution in [3.8, 4) is 0 Å². The number of benzene rings is 2. The van der Waals surface area contributed by atoms with E-state index in [1.54, 1.807) is 0 Å². The van der Waals surface area contributed by atoms with E-state index in [0.29, 0.717) is 13.0 Å². The summed E-state index contributed by atoms with van der Waals surface area (Å²) in [5.41, 5.74) is 4.29. The van der Waals surface area contributed by atoms with Crippen LogP contribution in [0.25, 0.3) is 0 Å². The van der Waals surface area contributed by atoms with Crippen LogP contribution in [0.4, 0.5) is 10.5 Å². The molecule has 3 nitrogen and oxygen atoms in total. The van der Waals surface area contributed by atoms with Gasteiger partial charge in [0.2, 0.25) is 0 Å². The molecule has 0 aliphatic rings. The zero-order valence-electron chi connectivity index (χ0n) is 13.7. The highest BCUT2D eigenvalue weighted by atomic mass is 35.5. The molecule has 2 aromatic carbocycles. The van der Waals surface area contributed by atoms with Crippen LogP contribution >= 0.6 is 11.6 Å². The van der Waals surface area contributed by atoms with Gasteiger partial charge < -0.3 is 10.6 Å². The highest BCUT2D eigenvalue weighted by Gasteiger charge is 2.09. The number of carbonyl (C=O) groups is 1. The van der Waals surface area contributed by atoms with Crippen molar-refractivity contribution in [3.63, 3.8) is 0 Å². The van der Waals surface area contributed by atoms with Crippen molar-refractivity contribution in [1.29, 1.82) is 0 Å². The first-order valence-corrected chi connectivity index (χ1v) is 8.42. The third kappa shape index (κ3) is 4.73. The molecule has 0 bridgehead atoms. The van der Waals surface area contributed by atoms with Gasteiger partial charge in [0.05, 0.1) is 0 Å². The number of para-hydroxylation sites is 1. The van der Waals surface area contributed by atoms with E-state index in [2.05, 4.69) is 36.6 Å². The van der Waals surface area contributed by atoms with Gasteiger partial charge in [-0.15, -0.1) is 0 Å². The molecule has 0 atom stereocenters. The Hall–Kier alpha value is -2.00. The van der Waals surface area contributed by atoms with Gasteiger partial charge in [-0.2, -0.15) is 0 Å². The maximum absolute atomic E-state index is 12.2. The maximum atomic E-state index is 12.2. The number of halogens is 1. The Morgan fingerprint density at radius 2 is 1.57 bits per heavy atom. The smallest absolute Gasteiger partial charge is 0.319 e. The van der Waals surface area contributed by atoms with Crippen molar-refractivity contribution in [1.82, 2.24) is 5.32 Å². The number of aryl methyl sites for hydroxylation is 2. The fraction of sp³-hybridized carbons (Fsp3) is 0.316. The minimum Gasteiger partial charge on any atom is -0.338 e. The number of urea groups is 1. The first-order chi connectivity index (χ1) is 11.2. The molecule has 23 heavy (non-hydrogen) atoms. The van der Waals surface area contributed by atoms with Crippen molar-refractivity contribution in [2.24, 2.45) is 0 Å². The van der Waals surface area contributed by atoms with Crippen molar-refractivity contribution in [2.75, 3.05) is 11.9 Å². The van der Waals surface area contributed by atoms with E-state index in [1.807, 2.05) is 30.3 Å². The zero-order valence-corrected chi connectivity index (χ0v) is 14.4. The molecule has 0 aliphatic carbocycles. The Morgan fingerprint density at radius 3 is 2.17 bits per heavy atom. The SMILES string of the molecule is CCc1cccc(CC)c1NC(=O)NCCc1ccccc1Cl. The zero-order chi connectivity index (χ0) is 16.7. The van der Waals surface area contributed by atoms with Gasteiger partial charge in [-0.05, 0) is 42.0 Å². The van der Waals surface area contributed by atoms with E-state index in [4.69, 9.17) is 11.6 Å². The van der Waals surface area contributed by atoms with E-state index in [0.717, 1.165) is 40.2 Å². The molecule has 4 heteroatoms. The summed E-state index contributed by atoms with van der Waals surface area (Å²) in [7, 11) is 0. The summed E-state index contributed by atoms with van der Waals surface area (Å²) in [4.78, 5) is 12.2. The standard InChI is InChI=1S/C19H23ClN2O/c1-3-14-9-7-10-15(4-2)18(14)22-19(23)21-13-12-16-8-5-6-11-17(16)20/h5-11H,3-4,12-13H2,1-2H3,(H2,21,22,23). The Morgan fingerprint density at radius 1 is 0.957 bits per heavy atom. The fourth-order valence-electron chi connectivity index (χ4n) is 2.57. The van der Waals surface area contributed by atoms with Crippen molar-refractivity contribution >= 4 is 23.3 Å². The molecule has 0 saturated carbocycles. The summed E-state index contributed by atoms with van der Waals surface area (Å²) in [5, 5.41) is 6.64. The summed E-state index contributed by atoms with van der Waals surface area (Å²) >= 11 is 6.12. The number of nitrogens with one attached hydrogen (secondary N) is 2. The van der Waals surface area contributed by atoms with E-state index >= 15 is 0 Å². The van der Waals surface area contributed by atoms with Gasteiger partial charge in [0.25, 0.3) is 0 Å². The van der Waals surface area contributed by atoms with Crippen LogP contribution in [0.5, 0.6) is 0 Å².